The summed E-state index contributed by atoms with van der Waals surface area (Å²) in [6.45, 7) is 6.21. The fourth-order valence-corrected chi connectivity index (χ4v) is 2.00. The van der Waals surface area contributed by atoms with Gasteiger partial charge in [0.15, 0.2) is 0 Å². The molecule has 0 spiro atoms. The van der Waals surface area contributed by atoms with E-state index in [2.05, 4.69) is 0 Å². The molecule has 4 heteroatoms. The first-order valence-electron chi connectivity index (χ1n) is 5.83. The standard InChI is InChI=1S/C13H18N2O2/c1-8-4-5-11-12(6-8)17-9(2)7-15(11)13(16)10(3)14/h4-6,9-10H,7,14H2,1-3H3/t9-,10+/m1/s1. The molecule has 0 fully saturated rings. The van der Waals surface area contributed by atoms with Gasteiger partial charge in [-0.15, -0.1) is 0 Å². The Labute approximate surface area is 101 Å². The van der Waals surface area contributed by atoms with Crippen molar-refractivity contribution in [2.24, 2.45) is 5.73 Å². The van der Waals surface area contributed by atoms with Crippen molar-refractivity contribution in [3.63, 3.8) is 0 Å². The number of rotatable bonds is 1. The van der Waals surface area contributed by atoms with Gasteiger partial charge in [-0.2, -0.15) is 0 Å². The summed E-state index contributed by atoms with van der Waals surface area (Å²) >= 11 is 0. The predicted octanol–water partition coefficient (Wildman–Crippen LogP) is 1.46. The molecule has 0 aliphatic carbocycles. The highest BCUT2D eigenvalue weighted by Crippen LogP contribution is 2.34. The number of aryl methyl sites for hydroxylation is 1. The molecule has 1 aliphatic heterocycles. The van der Waals surface area contributed by atoms with Crippen molar-refractivity contribution in [3.05, 3.63) is 23.8 Å². The number of anilines is 1. The highest BCUT2D eigenvalue weighted by Gasteiger charge is 2.28. The number of hydrogen-bond donors (Lipinski definition) is 1. The Morgan fingerprint density at radius 3 is 2.94 bits per heavy atom. The number of ether oxygens (including phenoxy) is 1. The summed E-state index contributed by atoms with van der Waals surface area (Å²) in [4.78, 5) is 13.8. The first-order valence-corrected chi connectivity index (χ1v) is 5.83. The van der Waals surface area contributed by atoms with Gasteiger partial charge in [0, 0.05) is 0 Å². The molecule has 1 aromatic carbocycles. The van der Waals surface area contributed by atoms with Gasteiger partial charge < -0.3 is 15.4 Å². The maximum Gasteiger partial charge on any atom is 0.243 e. The first kappa shape index (κ1) is 11.9. The van der Waals surface area contributed by atoms with Crippen molar-refractivity contribution in [1.29, 1.82) is 0 Å². The van der Waals surface area contributed by atoms with Gasteiger partial charge >= 0.3 is 0 Å². The van der Waals surface area contributed by atoms with E-state index in [9.17, 15) is 4.79 Å². The van der Waals surface area contributed by atoms with Crippen LogP contribution in [-0.2, 0) is 4.79 Å². The number of fused-ring (bicyclic) bond motifs is 1. The third-order valence-electron chi connectivity index (χ3n) is 2.83. The van der Waals surface area contributed by atoms with Crippen LogP contribution in [0.2, 0.25) is 0 Å². The van der Waals surface area contributed by atoms with E-state index in [1.807, 2.05) is 32.0 Å². The molecule has 0 saturated heterocycles. The minimum Gasteiger partial charge on any atom is -0.487 e. The predicted molar refractivity (Wildman–Crippen MR) is 67.3 cm³/mol. The molecule has 0 unspecified atom stereocenters. The van der Waals surface area contributed by atoms with Crippen molar-refractivity contribution in [1.82, 2.24) is 0 Å². The maximum atomic E-state index is 12.0. The number of nitrogens with zero attached hydrogens (tertiary/aromatic N) is 1. The summed E-state index contributed by atoms with van der Waals surface area (Å²) in [7, 11) is 0. The molecule has 2 N–H and O–H groups in total. The van der Waals surface area contributed by atoms with Crippen molar-refractivity contribution in [2.75, 3.05) is 11.4 Å². The second-order valence-electron chi connectivity index (χ2n) is 4.64. The molecule has 2 atom stereocenters. The monoisotopic (exact) mass is 234 g/mol. The van der Waals surface area contributed by atoms with Crippen LogP contribution in [0, 0.1) is 6.92 Å². The highest BCUT2D eigenvalue weighted by atomic mass is 16.5. The van der Waals surface area contributed by atoms with E-state index in [4.69, 9.17) is 10.5 Å². The Kier molecular flexibility index (Phi) is 3.07. The van der Waals surface area contributed by atoms with E-state index in [-0.39, 0.29) is 12.0 Å². The topological polar surface area (TPSA) is 55.6 Å². The Morgan fingerprint density at radius 1 is 1.59 bits per heavy atom. The zero-order chi connectivity index (χ0) is 12.6. The van der Waals surface area contributed by atoms with Gasteiger partial charge in [0.25, 0.3) is 0 Å². The van der Waals surface area contributed by atoms with Gasteiger partial charge in [-0.05, 0) is 38.5 Å². The van der Waals surface area contributed by atoms with Crippen LogP contribution in [0.25, 0.3) is 0 Å². The van der Waals surface area contributed by atoms with Crippen molar-refractivity contribution in [2.45, 2.75) is 32.9 Å². The zero-order valence-corrected chi connectivity index (χ0v) is 10.4. The Balaban J connectivity index is 2.41. The molecule has 1 amide bonds. The molecule has 0 bridgehead atoms. The molecule has 1 aliphatic rings. The second-order valence-corrected chi connectivity index (χ2v) is 4.64. The van der Waals surface area contributed by atoms with E-state index >= 15 is 0 Å². The van der Waals surface area contributed by atoms with E-state index in [1.165, 1.54) is 0 Å². The van der Waals surface area contributed by atoms with E-state index in [0.29, 0.717) is 6.54 Å². The largest absolute Gasteiger partial charge is 0.487 e. The molecule has 0 saturated carbocycles. The normalized spacial score (nSPS) is 20.5. The summed E-state index contributed by atoms with van der Waals surface area (Å²) in [6.07, 6.45) is -0.00741. The zero-order valence-electron chi connectivity index (χ0n) is 10.4. The third-order valence-corrected chi connectivity index (χ3v) is 2.83. The molecule has 0 radical (unpaired) electrons. The van der Waals surface area contributed by atoms with Crippen molar-refractivity contribution < 1.29 is 9.53 Å². The Hall–Kier alpha value is -1.55. The molecule has 1 heterocycles. The molecule has 1 aromatic rings. The number of carbonyl (C=O) groups is 1. The summed E-state index contributed by atoms with van der Waals surface area (Å²) in [5.74, 6) is 0.697. The number of nitrogens with two attached hydrogens (primary N) is 1. The van der Waals surface area contributed by atoms with Crippen LogP contribution >= 0.6 is 0 Å². The molecule has 0 aromatic heterocycles. The molecule has 17 heavy (non-hydrogen) atoms. The lowest BCUT2D eigenvalue weighted by atomic mass is 10.1. The van der Waals surface area contributed by atoms with E-state index in [1.54, 1.807) is 11.8 Å². The van der Waals surface area contributed by atoms with Crippen LogP contribution in [0.4, 0.5) is 5.69 Å². The number of hydrogen-bond acceptors (Lipinski definition) is 3. The third kappa shape index (κ3) is 2.26. The number of carbonyl (C=O) groups excluding carboxylic acids is 1. The second kappa shape index (κ2) is 4.37. The first-order chi connectivity index (χ1) is 7.99. The van der Waals surface area contributed by atoms with Crippen LogP contribution in [0.15, 0.2) is 18.2 Å². The summed E-state index contributed by atoms with van der Waals surface area (Å²) in [5.41, 5.74) is 7.60. The van der Waals surface area contributed by atoms with Gasteiger partial charge in [-0.25, -0.2) is 0 Å². The molecule has 4 nitrogen and oxygen atoms in total. The van der Waals surface area contributed by atoms with Crippen molar-refractivity contribution >= 4 is 11.6 Å². The summed E-state index contributed by atoms with van der Waals surface area (Å²) < 4.78 is 5.74. The van der Waals surface area contributed by atoms with Gasteiger partial charge in [-0.3, -0.25) is 4.79 Å². The number of benzene rings is 1. The molecule has 2 rings (SSSR count). The smallest absolute Gasteiger partial charge is 0.243 e. The van der Waals surface area contributed by atoms with Gasteiger partial charge in [-0.1, -0.05) is 6.07 Å². The van der Waals surface area contributed by atoms with Gasteiger partial charge in [0.2, 0.25) is 5.91 Å². The number of amides is 1. The van der Waals surface area contributed by atoms with Crippen LogP contribution in [0.5, 0.6) is 5.75 Å². The van der Waals surface area contributed by atoms with Crippen LogP contribution in [-0.4, -0.2) is 24.6 Å². The van der Waals surface area contributed by atoms with Crippen LogP contribution < -0.4 is 15.4 Å². The Bertz CT molecular complexity index is 443. The molecular formula is C13H18N2O2. The minimum absolute atomic E-state index is 0.00741. The van der Waals surface area contributed by atoms with E-state index in [0.717, 1.165) is 17.0 Å². The van der Waals surface area contributed by atoms with E-state index < -0.39 is 6.04 Å². The summed E-state index contributed by atoms with van der Waals surface area (Å²) in [6, 6.07) is 5.34. The lowest BCUT2D eigenvalue weighted by Crippen LogP contribution is -2.48. The average molecular weight is 234 g/mol. The fraction of sp³-hybridized carbons (Fsp3) is 0.462. The molecular weight excluding hydrogens is 216 g/mol. The SMILES string of the molecule is Cc1ccc2c(c1)O[C@H](C)CN2C(=O)[C@H](C)N. The van der Waals surface area contributed by atoms with Gasteiger partial charge in [0.05, 0.1) is 18.3 Å². The lowest BCUT2D eigenvalue weighted by molar-refractivity contribution is -0.119. The minimum atomic E-state index is -0.491. The fourth-order valence-electron chi connectivity index (χ4n) is 2.00. The van der Waals surface area contributed by atoms with Crippen molar-refractivity contribution in [3.8, 4) is 5.75 Å². The Morgan fingerprint density at radius 2 is 2.29 bits per heavy atom. The summed E-state index contributed by atoms with van der Waals surface area (Å²) in [5, 5.41) is 0. The highest BCUT2D eigenvalue weighted by molar-refractivity contribution is 5.98. The lowest BCUT2D eigenvalue weighted by Gasteiger charge is -2.34. The van der Waals surface area contributed by atoms with Crippen LogP contribution in [0.3, 0.4) is 0 Å². The molecule has 92 valence electrons. The van der Waals surface area contributed by atoms with Crippen LogP contribution in [0.1, 0.15) is 19.4 Å². The average Bonchev–Trinajstić information content (AvgIpc) is 2.26. The quantitative estimate of drug-likeness (QED) is 0.800. The maximum absolute atomic E-state index is 12.0. The van der Waals surface area contributed by atoms with Gasteiger partial charge in [0.1, 0.15) is 11.9 Å².